The van der Waals surface area contributed by atoms with Gasteiger partial charge >= 0.3 is 0 Å². The molecule has 0 saturated carbocycles. The van der Waals surface area contributed by atoms with Gasteiger partial charge in [0.25, 0.3) is 11.8 Å². The van der Waals surface area contributed by atoms with Crippen LogP contribution in [0.25, 0.3) is 11.5 Å². The van der Waals surface area contributed by atoms with Crippen molar-refractivity contribution in [2.45, 2.75) is 13.5 Å². The van der Waals surface area contributed by atoms with Gasteiger partial charge in [-0.15, -0.1) is 0 Å². The average Bonchev–Trinajstić information content (AvgIpc) is 3.00. The zero-order chi connectivity index (χ0) is 17.1. The first-order valence-electron chi connectivity index (χ1n) is 7.16. The summed E-state index contributed by atoms with van der Waals surface area (Å²) in [6.07, 6.45) is 0. The molecule has 3 rings (SSSR count). The van der Waals surface area contributed by atoms with Gasteiger partial charge in [-0.3, -0.25) is 4.79 Å². The van der Waals surface area contributed by atoms with Crippen LogP contribution in [0.4, 0.5) is 0 Å². The topological polar surface area (TPSA) is 68.0 Å². The summed E-state index contributed by atoms with van der Waals surface area (Å²) in [4.78, 5) is 16.4. The molecule has 0 fully saturated rings. The molecule has 7 heteroatoms. The molecule has 5 nitrogen and oxygen atoms in total. The zero-order valence-electron chi connectivity index (χ0n) is 12.7. The summed E-state index contributed by atoms with van der Waals surface area (Å²) < 4.78 is 6.00. The molecule has 0 bridgehead atoms. The summed E-state index contributed by atoms with van der Waals surface area (Å²) >= 11 is 9.50. The van der Waals surface area contributed by atoms with Crippen LogP contribution in [0.2, 0.25) is 5.02 Å². The number of benzene rings is 2. The minimum absolute atomic E-state index is 0.178. The van der Waals surface area contributed by atoms with Crippen LogP contribution in [0.5, 0.6) is 0 Å². The van der Waals surface area contributed by atoms with Crippen molar-refractivity contribution in [3.8, 4) is 11.5 Å². The summed E-state index contributed by atoms with van der Waals surface area (Å²) in [5, 5.41) is 7.20. The monoisotopic (exact) mass is 405 g/mol. The van der Waals surface area contributed by atoms with E-state index in [-0.39, 0.29) is 5.91 Å². The first-order chi connectivity index (χ1) is 11.5. The van der Waals surface area contributed by atoms with Crippen LogP contribution in [0.1, 0.15) is 21.7 Å². The lowest BCUT2D eigenvalue weighted by Crippen LogP contribution is -2.22. The van der Waals surface area contributed by atoms with Gasteiger partial charge in [-0.05, 0) is 48.9 Å². The number of aryl methyl sites for hydroxylation is 1. The van der Waals surface area contributed by atoms with E-state index < -0.39 is 0 Å². The summed E-state index contributed by atoms with van der Waals surface area (Å²) in [7, 11) is 0. The SMILES string of the molecule is Cc1noc(-c2ccc(C(=O)NCc3ccc(Br)cc3Cl)cc2)n1. The third-order valence-corrected chi connectivity index (χ3v) is 4.22. The minimum Gasteiger partial charge on any atom is -0.348 e. The summed E-state index contributed by atoms with van der Waals surface area (Å²) in [6, 6.07) is 12.5. The summed E-state index contributed by atoms with van der Waals surface area (Å²) in [6.45, 7) is 2.11. The number of hydrogen-bond acceptors (Lipinski definition) is 4. The van der Waals surface area contributed by atoms with Crippen LogP contribution in [-0.4, -0.2) is 16.0 Å². The van der Waals surface area contributed by atoms with E-state index in [0.717, 1.165) is 15.6 Å². The van der Waals surface area contributed by atoms with Crippen molar-refractivity contribution < 1.29 is 9.32 Å². The highest BCUT2D eigenvalue weighted by Gasteiger charge is 2.10. The van der Waals surface area contributed by atoms with E-state index in [0.29, 0.717) is 28.8 Å². The van der Waals surface area contributed by atoms with Gasteiger partial charge in [0.15, 0.2) is 5.82 Å². The molecule has 0 atom stereocenters. The molecule has 0 radical (unpaired) electrons. The molecule has 0 aliphatic heterocycles. The number of carbonyl (C=O) groups is 1. The lowest BCUT2D eigenvalue weighted by molar-refractivity contribution is 0.0951. The Hall–Kier alpha value is -2.18. The molecule has 1 heterocycles. The van der Waals surface area contributed by atoms with Gasteiger partial charge in [-0.2, -0.15) is 4.98 Å². The molecule has 122 valence electrons. The zero-order valence-corrected chi connectivity index (χ0v) is 15.1. The molecular formula is C17H13BrClN3O2. The van der Waals surface area contributed by atoms with Crippen molar-refractivity contribution in [2.75, 3.05) is 0 Å². The molecular weight excluding hydrogens is 394 g/mol. The van der Waals surface area contributed by atoms with Gasteiger partial charge in [-0.1, -0.05) is 38.8 Å². The highest BCUT2D eigenvalue weighted by atomic mass is 79.9. The number of carbonyl (C=O) groups excluding carboxylic acids is 1. The maximum absolute atomic E-state index is 12.2. The number of hydrogen-bond donors (Lipinski definition) is 1. The Morgan fingerprint density at radius 1 is 1.25 bits per heavy atom. The Bertz CT molecular complexity index is 878. The van der Waals surface area contributed by atoms with Gasteiger partial charge in [0.1, 0.15) is 0 Å². The van der Waals surface area contributed by atoms with E-state index in [4.69, 9.17) is 16.1 Å². The van der Waals surface area contributed by atoms with Crippen molar-refractivity contribution in [1.29, 1.82) is 0 Å². The minimum atomic E-state index is -0.178. The maximum Gasteiger partial charge on any atom is 0.257 e. The molecule has 1 amide bonds. The number of nitrogens with zero attached hydrogens (tertiary/aromatic N) is 2. The van der Waals surface area contributed by atoms with Gasteiger partial charge in [-0.25, -0.2) is 0 Å². The third-order valence-electron chi connectivity index (χ3n) is 3.38. The van der Waals surface area contributed by atoms with Gasteiger partial charge in [0, 0.05) is 27.2 Å². The van der Waals surface area contributed by atoms with Gasteiger partial charge in [0.05, 0.1) is 0 Å². The van der Waals surface area contributed by atoms with Crippen molar-refractivity contribution in [1.82, 2.24) is 15.5 Å². The third kappa shape index (κ3) is 3.83. The molecule has 0 aliphatic rings. The van der Waals surface area contributed by atoms with Crippen LogP contribution in [-0.2, 0) is 6.54 Å². The molecule has 0 unspecified atom stereocenters. The van der Waals surface area contributed by atoms with Crippen molar-refractivity contribution >= 4 is 33.4 Å². The standard InChI is InChI=1S/C17H13BrClN3O2/c1-10-21-17(24-22-10)12-4-2-11(3-5-12)16(23)20-9-13-6-7-14(18)8-15(13)19/h2-8H,9H2,1H3,(H,20,23). The first kappa shape index (κ1) is 16.7. The Kier molecular flexibility index (Phi) is 4.97. The average molecular weight is 407 g/mol. The second kappa shape index (κ2) is 7.15. The maximum atomic E-state index is 12.2. The second-order valence-electron chi connectivity index (χ2n) is 5.14. The number of nitrogens with one attached hydrogen (secondary N) is 1. The summed E-state index contributed by atoms with van der Waals surface area (Å²) in [5.41, 5.74) is 2.16. The van der Waals surface area contributed by atoms with Crippen LogP contribution in [0.15, 0.2) is 51.5 Å². The number of amides is 1. The normalized spacial score (nSPS) is 10.6. The fourth-order valence-electron chi connectivity index (χ4n) is 2.12. The predicted octanol–water partition coefficient (Wildman–Crippen LogP) is 4.39. The predicted molar refractivity (Wildman–Crippen MR) is 94.8 cm³/mol. The smallest absolute Gasteiger partial charge is 0.257 e. The second-order valence-corrected chi connectivity index (χ2v) is 6.47. The largest absolute Gasteiger partial charge is 0.348 e. The van der Waals surface area contributed by atoms with Crippen molar-refractivity contribution in [2.24, 2.45) is 0 Å². The highest BCUT2D eigenvalue weighted by molar-refractivity contribution is 9.10. The van der Waals surface area contributed by atoms with Crippen molar-refractivity contribution in [3.63, 3.8) is 0 Å². The molecule has 3 aromatic rings. The van der Waals surface area contributed by atoms with E-state index >= 15 is 0 Å². The summed E-state index contributed by atoms with van der Waals surface area (Å²) in [5.74, 6) is 0.821. The Morgan fingerprint density at radius 3 is 2.62 bits per heavy atom. The number of halogens is 2. The van der Waals surface area contributed by atoms with Gasteiger partial charge in [0.2, 0.25) is 0 Å². The van der Waals surface area contributed by atoms with Crippen LogP contribution in [0.3, 0.4) is 0 Å². The Morgan fingerprint density at radius 2 is 2.00 bits per heavy atom. The molecule has 1 aromatic heterocycles. The number of aromatic nitrogens is 2. The molecule has 0 aliphatic carbocycles. The first-order valence-corrected chi connectivity index (χ1v) is 8.33. The molecule has 1 N–H and O–H groups in total. The van der Waals surface area contributed by atoms with E-state index in [1.54, 1.807) is 37.3 Å². The quantitative estimate of drug-likeness (QED) is 0.697. The lowest BCUT2D eigenvalue weighted by atomic mass is 10.1. The Labute approximate surface area is 152 Å². The molecule has 0 saturated heterocycles. The van der Waals surface area contributed by atoms with E-state index in [1.165, 1.54) is 0 Å². The molecule has 24 heavy (non-hydrogen) atoms. The fourth-order valence-corrected chi connectivity index (χ4v) is 2.86. The Balaban J connectivity index is 1.67. The lowest BCUT2D eigenvalue weighted by Gasteiger charge is -2.08. The highest BCUT2D eigenvalue weighted by Crippen LogP contribution is 2.21. The van der Waals surface area contributed by atoms with Crippen LogP contribution >= 0.6 is 27.5 Å². The van der Waals surface area contributed by atoms with E-state index in [1.807, 2.05) is 12.1 Å². The number of rotatable bonds is 4. The van der Waals surface area contributed by atoms with Crippen LogP contribution in [0, 0.1) is 6.92 Å². The van der Waals surface area contributed by atoms with E-state index in [2.05, 4.69) is 31.4 Å². The van der Waals surface area contributed by atoms with Crippen LogP contribution < -0.4 is 5.32 Å². The van der Waals surface area contributed by atoms with Gasteiger partial charge < -0.3 is 9.84 Å². The van der Waals surface area contributed by atoms with E-state index in [9.17, 15) is 4.79 Å². The van der Waals surface area contributed by atoms with Crippen molar-refractivity contribution in [3.05, 3.63) is 68.9 Å². The molecule has 2 aromatic carbocycles. The fraction of sp³-hybridized carbons (Fsp3) is 0.118. The molecule has 0 spiro atoms.